The van der Waals surface area contributed by atoms with E-state index in [-0.39, 0.29) is 11.7 Å². The largest absolute Gasteiger partial charge is 0.322 e. The molecule has 0 unspecified atom stereocenters. The molecule has 1 N–H and O–H groups in total. The Hall–Kier alpha value is -2.34. The molecule has 6 heteroatoms. The number of carbonyl (C=O) groups excluding carboxylic acids is 1. The second kappa shape index (κ2) is 6.65. The number of amides is 1. The lowest BCUT2D eigenvalue weighted by atomic mass is 10.0. The molecule has 0 atom stereocenters. The van der Waals surface area contributed by atoms with Gasteiger partial charge in [0.25, 0.3) is 5.91 Å². The summed E-state index contributed by atoms with van der Waals surface area (Å²) in [6.07, 6.45) is 1.65. The second-order valence-corrected chi connectivity index (χ2v) is 7.92. The van der Waals surface area contributed by atoms with Crippen molar-refractivity contribution in [2.24, 2.45) is 0 Å². The van der Waals surface area contributed by atoms with Gasteiger partial charge in [-0.1, -0.05) is 24.3 Å². The lowest BCUT2D eigenvalue weighted by Gasteiger charge is -2.30. The highest BCUT2D eigenvalue weighted by Crippen LogP contribution is 2.32. The van der Waals surface area contributed by atoms with E-state index in [1.165, 1.54) is 4.31 Å². The van der Waals surface area contributed by atoms with Gasteiger partial charge in [0.2, 0.25) is 10.0 Å². The number of carbonyl (C=O) groups is 1. The van der Waals surface area contributed by atoms with Crippen LogP contribution in [0.25, 0.3) is 0 Å². The molecule has 1 aliphatic heterocycles. The summed E-state index contributed by atoms with van der Waals surface area (Å²) >= 11 is 0. The van der Waals surface area contributed by atoms with E-state index in [9.17, 15) is 13.2 Å². The molecule has 126 valence electrons. The summed E-state index contributed by atoms with van der Waals surface area (Å²) in [5, 5.41) is 2.84. The highest BCUT2D eigenvalue weighted by molar-refractivity contribution is 7.92. The molecule has 0 saturated carbocycles. The Labute approximate surface area is 142 Å². The fourth-order valence-corrected chi connectivity index (χ4v) is 4.04. The van der Waals surface area contributed by atoms with Crippen molar-refractivity contribution in [3.05, 3.63) is 59.7 Å². The van der Waals surface area contributed by atoms with Gasteiger partial charge in [0.05, 0.1) is 11.4 Å². The second-order valence-electron chi connectivity index (χ2n) is 5.74. The van der Waals surface area contributed by atoms with Crippen molar-refractivity contribution in [3.8, 4) is 0 Å². The predicted octanol–water partition coefficient (Wildman–Crippen LogP) is 3.04. The minimum absolute atomic E-state index is 0.0625. The van der Waals surface area contributed by atoms with Crippen LogP contribution in [0.5, 0.6) is 0 Å². The first-order valence-electron chi connectivity index (χ1n) is 8.01. The van der Waals surface area contributed by atoms with Gasteiger partial charge < -0.3 is 5.32 Å². The van der Waals surface area contributed by atoms with Crippen molar-refractivity contribution in [2.45, 2.75) is 19.8 Å². The molecule has 0 aliphatic carbocycles. The monoisotopic (exact) mass is 344 g/mol. The van der Waals surface area contributed by atoms with E-state index in [0.29, 0.717) is 23.5 Å². The molecule has 2 aromatic carbocycles. The van der Waals surface area contributed by atoms with E-state index in [2.05, 4.69) is 5.32 Å². The Balaban J connectivity index is 1.90. The minimum Gasteiger partial charge on any atom is -0.322 e. The third-order valence-corrected chi connectivity index (χ3v) is 5.94. The van der Waals surface area contributed by atoms with Gasteiger partial charge in [0, 0.05) is 17.8 Å². The first-order valence-corrected chi connectivity index (χ1v) is 9.62. The quantitative estimate of drug-likeness (QED) is 0.927. The minimum atomic E-state index is -3.31. The molecule has 0 spiro atoms. The van der Waals surface area contributed by atoms with Crippen molar-refractivity contribution >= 4 is 27.3 Å². The summed E-state index contributed by atoms with van der Waals surface area (Å²) in [4.78, 5) is 12.3. The van der Waals surface area contributed by atoms with Crippen LogP contribution >= 0.6 is 0 Å². The van der Waals surface area contributed by atoms with Gasteiger partial charge in [-0.15, -0.1) is 0 Å². The van der Waals surface area contributed by atoms with Crippen LogP contribution in [0, 0.1) is 0 Å². The number of hydrogen-bond donors (Lipinski definition) is 1. The summed E-state index contributed by atoms with van der Waals surface area (Å²) in [7, 11) is -3.31. The average molecular weight is 344 g/mol. The summed E-state index contributed by atoms with van der Waals surface area (Å²) in [5.41, 5.74) is 2.83. The van der Waals surface area contributed by atoms with Crippen molar-refractivity contribution in [1.82, 2.24) is 0 Å². The maximum Gasteiger partial charge on any atom is 0.255 e. The molecular formula is C18H20N2O3S. The molecule has 0 saturated heterocycles. The molecule has 2 aromatic rings. The molecule has 0 fully saturated rings. The van der Waals surface area contributed by atoms with E-state index in [1.807, 2.05) is 18.2 Å². The molecule has 0 bridgehead atoms. The number of hydrogen-bond acceptors (Lipinski definition) is 3. The number of fused-ring (bicyclic) bond motifs is 1. The molecule has 0 radical (unpaired) electrons. The summed E-state index contributed by atoms with van der Waals surface area (Å²) in [6, 6.07) is 14.4. The van der Waals surface area contributed by atoms with Crippen LogP contribution in [0.2, 0.25) is 0 Å². The van der Waals surface area contributed by atoms with Gasteiger partial charge in [0.15, 0.2) is 0 Å². The van der Waals surface area contributed by atoms with Crippen LogP contribution in [0.3, 0.4) is 0 Å². The number of sulfonamides is 1. The van der Waals surface area contributed by atoms with Crippen LogP contribution in [0.1, 0.15) is 29.3 Å². The summed E-state index contributed by atoms with van der Waals surface area (Å²) in [5.74, 6) is -0.149. The third kappa shape index (κ3) is 3.28. The fourth-order valence-electron chi connectivity index (χ4n) is 2.86. The van der Waals surface area contributed by atoms with E-state index in [4.69, 9.17) is 0 Å². The number of nitrogens with zero attached hydrogens (tertiary/aromatic N) is 1. The number of aryl methyl sites for hydroxylation is 1. The van der Waals surface area contributed by atoms with Crippen LogP contribution in [0.15, 0.2) is 48.5 Å². The Bertz CT molecular complexity index is 848. The van der Waals surface area contributed by atoms with E-state index in [1.54, 1.807) is 37.3 Å². The van der Waals surface area contributed by atoms with E-state index < -0.39 is 10.0 Å². The normalized spacial score (nSPS) is 14.1. The summed E-state index contributed by atoms with van der Waals surface area (Å²) in [6.45, 7) is 2.13. The average Bonchev–Trinajstić information content (AvgIpc) is 2.61. The zero-order valence-electron chi connectivity index (χ0n) is 13.5. The number of rotatable bonds is 4. The number of anilines is 2. The molecule has 1 heterocycles. The van der Waals surface area contributed by atoms with Crippen LogP contribution in [0.4, 0.5) is 11.4 Å². The highest BCUT2D eigenvalue weighted by atomic mass is 32.2. The smallest absolute Gasteiger partial charge is 0.255 e. The van der Waals surface area contributed by atoms with Gasteiger partial charge in [-0.3, -0.25) is 9.10 Å². The van der Waals surface area contributed by atoms with Crippen LogP contribution in [-0.4, -0.2) is 26.6 Å². The zero-order chi connectivity index (χ0) is 17.2. The van der Waals surface area contributed by atoms with E-state index in [0.717, 1.165) is 18.4 Å². The molecular weight excluding hydrogens is 324 g/mol. The van der Waals surface area contributed by atoms with Gasteiger partial charge in [0.1, 0.15) is 0 Å². The maximum absolute atomic E-state index is 12.3. The molecule has 1 aliphatic rings. The Kier molecular flexibility index (Phi) is 4.57. The van der Waals surface area contributed by atoms with Gasteiger partial charge in [-0.25, -0.2) is 8.42 Å². The summed E-state index contributed by atoms with van der Waals surface area (Å²) < 4.78 is 26.1. The van der Waals surface area contributed by atoms with Crippen molar-refractivity contribution in [2.75, 3.05) is 21.9 Å². The standard InChI is InChI=1S/C18H20N2O3S/c1-2-24(22,23)20-12-6-9-14-10-11-16(13-17(14)20)19-18(21)15-7-4-3-5-8-15/h3-5,7-8,10-11,13H,2,6,9,12H2,1H3,(H,19,21). The Morgan fingerprint density at radius 3 is 2.62 bits per heavy atom. The van der Waals surface area contributed by atoms with Gasteiger partial charge in [-0.2, -0.15) is 0 Å². The third-order valence-electron chi connectivity index (χ3n) is 4.16. The number of benzene rings is 2. The molecule has 3 rings (SSSR count). The highest BCUT2D eigenvalue weighted by Gasteiger charge is 2.26. The molecule has 5 nitrogen and oxygen atoms in total. The van der Waals surface area contributed by atoms with Crippen LogP contribution < -0.4 is 9.62 Å². The van der Waals surface area contributed by atoms with Crippen molar-refractivity contribution in [1.29, 1.82) is 0 Å². The van der Waals surface area contributed by atoms with Gasteiger partial charge >= 0.3 is 0 Å². The topological polar surface area (TPSA) is 66.5 Å². The maximum atomic E-state index is 12.3. The van der Waals surface area contributed by atoms with Crippen molar-refractivity contribution < 1.29 is 13.2 Å². The van der Waals surface area contributed by atoms with E-state index >= 15 is 0 Å². The van der Waals surface area contributed by atoms with Crippen LogP contribution in [-0.2, 0) is 16.4 Å². The Morgan fingerprint density at radius 1 is 1.17 bits per heavy atom. The molecule has 1 amide bonds. The first-order chi connectivity index (χ1) is 11.5. The van der Waals surface area contributed by atoms with Crippen molar-refractivity contribution in [3.63, 3.8) is 0 Å². The SMILES string of the molecule is CCS(=O)(=O)N1CCCc2ccc(NC(=O)c3ccccc3)cc21. The zero-order valence-corrected chi connectivity index (χ0v) is 14.3. The fraction of sp³-hybridized carbons (Fsp3) is 0.278. The first kappa shape index (κ1) is 16.5. The van der Waals surface area contributed by atoms with Gasteiger partial charge in [-0.05, 0) is 49.6 Å². The number of nitrogens with one attached hydrogen (secondary N) is 1. The molecule has 0 aromatic heterocycles. The lowest BCUT2D eigenvalue weighted by Crippen LogP contribution is -2.36. The molecule has 24 heavy (non-hydrogen) atoms. The Morgan fingerprint density at radius 2 is 1.92 bits per heavy atom. The lowest BCUT2D eigenvalue weighted by molar-refractivity contribution is 0.102. The predicted molar refractivity (Wildman–Crippen MR) is 96.0 cm³/mol.